The van der Waals surface area contributed by atoms with E-state index in [-0.39, 0.29) is 29.6 Å². The lowest BCUT2D eigenvalue weighted by molar-refractivity contribution is -0.579. The topological polar surface area (TPSA) is 111 Å². The summed E-state index contributed by atoms with van der Waals surface area (Å²) in [5, 5.41) is 13.4. The van der Waals surface area contributed by atoms with E-state index in [4.69, 9.17) is 17.0 Å². The van der Waals surface area contributed by atoms with Crippen LogP contribution < -0.4 is 10.7 Å². The van der Waals surface area contributed by atoms with Crippen LogP contribution in [0.4, 0.5) is 29.2 Å². The number of nitrogens with two attached hydrogens (primary N) is 1. The van der Waals surface area contributed by atoms with Crippen LogP contribution in [0.15, 0.2) is 29.6 Å². The second-order valence-corrected chi connectivity index (χ2v) is 6.98. The quantitative estimate of drug-likeness (QED) is 0.194. The van der Waals surface area contributed by atoms with Gasteiger partial charge in [-0.15, -0.1) is 0 Å². The van der Waals surface area contributed by atoms with Crippen molar-refractivity contribution in [2.24, 2.45) is 5.10 Å². The Morgan fingerprint density at radius 1 is 1.39 bits per heavy atom. The minimum absolute atomic E-state index is 0.0438. The predicted molar refractivity (Wildman–Crippen MR) is 105 cm³/mol. The second-order valence-electron chi connectivity index (χ2n) is 6.55. The minimum atomic E-state index is -3.23. The van der Waals surface area contributed by atoms with Crippen LogP contribution in [-0.4, -0.2) is 58.3 Å². The first-order valence-electron chi connectivity index (χ1n) is 8.98. The molecule has 0 saturated carbocycles. The minimum Gasteiger partial charge on any atom is -0.352 e. The van der Waals surface area contributed by atoms with Gasteiger partial charge < -0.3 is 15.6 Å². The number of rotatable bonds is 7. The number of carbonyl (C=O) groups is 1. The maximum absolute atomic E-state index is 14.5. The van der Waals surface area contributed by atoms with E-state index in [1.165, 1.54) is 12.4 Å². The second kappa shape index (κ2) is 9.35. The summed E-state index contributed by atoms with van der Waals surface area (Å²) in [6, 6.07) is 0.171. The third-order valence-electron chi connectivity index (χ3n) is 4.61. The Bertz CT molecular complexity index is 1000. The number of halogens is 5. The summed E-state index contributed by atoms with van der Waals surface area (Å²) in [5.41, 5.74) is 0.0391. The smallest absolute Gasteiger partial charge is 0.271 e. The van der Waals surface area contributed by atoms with Crippen LogP contribution in [0.2, 0.25) is 5.02 Å². The van der Waals surface area contributed by atoms with E-state index in [0.717, 1.165) is 34.9 Å². The van der Waals surface area contributed by atoms with Crippen molar-refractivity contribution in [1.29, 1.82) is 5.41 Å². The molecule has 8 nitrogen and oxygen atoms in total. The molecule has 2 aromatic rings. The van der Waals surface area contributed by atoms with Crippen LogP contribution >= 0.6 is 11.6 Å². The van der Waals surface area contributed by atoms with Crippen molar-refractivity contribution in [2.45, 2.75) is 18.4 Å². The molecule has 13 heteroatoms. The molecule has 31 heavy (non-hydrogen) atoms. The Morgan fingerprint density at radius 3 is 2.77 bits per heavy atom. The number of nitrogens with zero attached hydrogens (tertiary/aromatic N) is 4. The highest BCUT2D eigenvalue weighted by atomic mass is 35.5. The Hall–Kier alpha value is -3.12. The van der Waals surface area contributed by atoms with Gasteiger partial charge in [-0.3, -0.25) is 4.79 Å². The Kier molecular flexibility index (Phi) is 6.81. The van der Waals surface area contributed by atoms with Gasteiger partial charge in [-0.2, -0.15) is 9.82 Å². The molecule has 1 aliphatic rings. The van der Waals surface area contributed by atoms with Crippen molar-refractivity contribution in [3.63, 3.8) is 0 Å². The van der Waals surface area contributed by atoms with Gasteiger partial charge in [0.2, 0.25) is 17.5 Å². The maximum Gasteiger partial charge on any atom is 0.271 e. The number of quaternary nitrogens is 1. The van der Waals surface area contributed by atoms with E-state index in [9.17, 15) is 22.4 Å². The predicted octanol–water partition coefficient (Wildman–Crippen LogP) is 2.20. The number of aromatic nitrogens is 2. The number of amides is 1. The van der Waals surface area contributed by atoms with Crippen molar-refractivity contribution in [3.05, 3.63) is 46.7 Å². The largest absolute Gasteiger partial charge is 0.352 e. The molecule has 1 unspecified atom stereocenters. The SMILES string of the molecule is N=C/C=N\[NH2+]c1c(C(=O)N2CCC(F)(F)C2CNc2ncc(Cl)cn2)ccc(F)c1F. The standard InChI is InChI=1S/C18H16ClF4N7O/c19-10-7-25-17(26-8-10)27-9-13-18(22,23)3-6-30(13)16(31)11-1-2-12(20)14(21)15(11)29-28-5-4-24/h1-2,4-5,7-8,13,24,29H,3,6,9H2,(H,25,26,27)/p+1/b24-4?,28-5-. The zero-order valence-corrected chi connectivity index (χ0v) is 16.6. The molecule has 4 N–H and O–H groups in total. The lowest BCUT2D eigenvalue weighted by Crippen LogP contribution is -2.72. The molecule has 1 aromatic heterocycles. The summed E-state index contributed by atoms with van der Waals surface area (Å²) in [4.78, 5) is 21.6. The van der Waals surface area contributed by atoms with Gasteiger partial charge in [-0.1, -0.05) is 16.7 Å². The number of nitrogens with one attached hydrogen (secondary N) is 2. The van der Waals surface area contributed by atoms with Crippen LogP contribution in [0.3, 0.4) is 0 Å². The highest BCUT2D eigenvalue weighted by Gasteiger charge is 2.51. The lowest BCUT2D eigenvalue weighted by Gasteiger charge is -2.28. The molecule has 1 saturated heterocycles. The molecule has 0 spiro atoms. The molecule has 2 heterocycles. The first kappa shape index (κ1) is 22.6. The van der Waals surface area contributed by atoms with E-state index in [1.54, 1.807) is 0 Å². The number of likely N-dealkylation sites (tertiary alicyclic amines) is 1. The Labute approximate surface area is 178 Å². The number of carbonyl (C=O) groups excluding carboxylic acids is 1. The maximum atomic E-state index is 14.5. The number of anilines is 1. The van der Waals surface area contributed by atoms with Gasteiger partial charge in [0, 0.05) is 25.7 Å². The molecular weight excluding hydrogens is 442 g/mol. The van der Waals surface area contributed by atoms with Gasteiger partial charge in [0.05, 0.1) is 17.4 Å². The molecule has 3 rings (SSSR count). The van der Waals surface area contributed by atoms with Gasteiger partial charge in [-0.25, -0.2) is 23.1 Å². The van der Waals surface area contributed by atoms with Gasteiger partial charge in [0.15, 0.2) is 5.82 Å². The van der Waals surface area contributed by atoms with Gasteiger partial charge in [0.1, 0.15) is 17.8 Å². The first-order chi connectivity index (χ1) is 14.7. The van der Waals surface area contributed by atoms with Crippen LogP contribution in [0.25, 0.3) is 0 Å². The first-order valence-corrected chi connectivity index (χ1v) is 9.36. The molecule has 0 bridgehead atoms. The summed E-state index contributed by atoms with van der Waals surface area (Å²) in [5.74, 6) is -6.66. The van der Waals surface area contributed by atoms with Crippen LogP contribution in [0.5, 0.6) is 0 Å². The van der Waals surface area contributed by atoms with Crippen LogP contribution in [-0.2, 0) is 0 Å². The molecule has 0 radical (unpaired) electrons. The summed E-state index contributed by atoms with van der Waals surface area (Å²) < 4.78 is 57.0. The molecule has 164 valence electrons. The molecule has 1 aromatic carbocycles. The van der Waals surface area contributed by atoms with E-state index >= 15 is 0 Å². The van der Waals surface area contributed by atoms with E-state index in [2.05, 4.69) is 20.4 Å². The lowest BCUT2D eigenvalue weighted by atomic mass is 10.1. The number of alkyl halides is 2. The van der Waals surface area contributed by atoms with Crippen molar-refractivity contribution >= 4 is 41.6 Å². The average molecular weight is 459 g/mol. The van der Waals surface area contributed by atoms with Gasteiger partial charge in [0.25, 0.3) is 11.8 Å². The van der Waals surface area contributed by atoms with Crippen molar-refractivity contribution in [3.8, 4) is 0 Å². The van der Waals surface area contributed by atoms with E-state index in [0.29, 0.717) is 0 Å². The third-order valence-corrected chi connectivity index (χ3v) is 4.81. The molecule has 1 fully saturated rings. The number of hydrogen-bond donors (Lipinski definition) is 3. The zero-order chi connectivity index (χ0) is 22.6. The summed E-state index contributed by atoms with van der Waals surface area (Å²) in [6.07, 6.45) is 3.76. The van der Waals surface area contributed by atoms with E-state index in [1.807, 2.05) is 0 Å². The molecular formula is C18H17ClF4N7O+. The molecule has 1 aliphatic heterocycles. The summed E-state index contributed by atoms with van der Waals surface area (Å²) >= 11 is 5.69. The van der Waals surface area contributed by atoms with Crippen LogP contribution in [0.1, 0.15) is 16.8 Å². The fourth-order valence-corrected chi connectivity index (χ4v) is 3.21. The molecule has 1 amide bonds. The summed E-state index contributed by atoms with van der Waals surface area (Å²) in [6.45, 7) is -0.670. The normalized spacial score (nSPS) is 17.8. The van der Waals surface area contributed by atoms with Crippen molar-refractivity contribution in [2.75, 3.05) is 18.4 Å². The highest BCUT2D eigenvalue weighted by Crippen LogP contribution is 2.35. The van der Waals surface area contributed by atoms with Crippen LogP contribution in [0, 0.1) is 17.0 Å². The molecule has 0 aliphatic carbocycles. The van der Waals surface area contributed by atoms with Crippen molar-refractivity contribution < 1.29 is 27.8 Å². The monoisotopic (exact) mass is 458 g/mol. The molecule has 1 atom stereocenters. The highest BCUT2D eigenvalue weighted by molar-refractivity contribution is 6.30. The van der Waals surface area contributed by atoms with Gasteiger partial charge in [-0.05, 0) is 12.1 Å². The van der Waals surface area contributed by atoms with E-state index < -0.39 is 41.6 Å². The summed E-state index contributed by atoms with van der Waals surface area (Å²) in [7, 11) is 0. The number of benzene rings is 1. The average Bonchev–Trinajstić information content (AvgIpc) is 3.04. The van der Waals surface area contributed by atoms with Crippen molar-refractivity contribution in [1.82, 2.24) is 14.9 Å². The van der Waals surface area contributed by atoms with Gasteiger partial charge >= 0.3 is 0 Å². The third kappa shape index (κ3) is 4.97. The number of hydrogen-bond acceptors (Lipinski definition) is 6. The Balaban J connectivity index is 1.87. The Morgan fingerprint density at radius 2 is 2.10 bits per heavy atom. The zero-order valence-electron chi connectivity index (χ0n) is 15.8. The fourth-order valence-electron chi connectivity index (χ4n) is 3.11. The fraction of sp³-hybridized carbons (Fsp3) is 0.278.